The number of hydrogen-bond acceptors (Lipinski definition) is 8. The fourth-order valence-corrected chi connectivity index (χ4v) is 6.58. The summed E-state index contributed by atoms with van der Waals surface area (Å²) in [5.74, 6) is -0.631. The SMILES string of the molecule is CCCCCCCC(=O)OC[C@@]1(C)[C@@H]2[C@H]3C(COC(C)=O)=CO[C@H](OC(C)=O)[C@H]3C3(CC[C@@H]21)CO3. The Labute approximate surface area is 208 Å². The molecular weight excluding hydrogens is 452 g/mol. The third kappa shape index (κ3) is 5.52. The maximum absolute atomic E-state index is 12.4. The van der Waals surface area contributed by atoms with Crippen molar-refractivity contribution in [2.24, 2.45) is 29.1 Å². The maximum Gasteiger partial charge on any atom is 0.305 e. The van der Waals surface area contributed by atoms with Crippen LogP contribution in [-0.2, 0) is 38.1 Å². The average Bonchev–Trinajstić information content (AvgIpc) is 3.70. The molecule has 7 atom stereocenters. The molecule has 8 nitrogen and oxygen atoms in total. The molecule has 35 heavy (non-hydrogen) atoms. The molecule has 4 rings (SSSR count). The zero-order chi connectivity index (χ0) is 25.2. The number of hydrogen-bond donors (Lipinski definition) is 0. The first-order valence-corrected chi connectivity index (χ1v) is 13.2. The third-order valence-electron chi connectivity index (χ3n) is 8.54. The zero-order valence-corrected chi connectivity index (χ0v) is 21.5. The van der Waals surface area contributed by atoms with Gasteiger partial charge in [0.2, 0.25) is 6.29 Å². The summed E-state index contributed by atoms with van der Waals surface area (Å²) in [6.45, 7) is 8.20. The number of rotatable bonds is 11. The summed E-state index contributed by atoms with van der Waals surface area (Å²) in [4.78, 5) is 35.9. The van der Waals surface area contributed by atoms with Crippen LogP contribution in [0.15, 0.2) is 11.8 Å². The first-order valence-electron chi connectivity index (χ1n) is 13.2. The summed E-state index contributed by atoms with van der Waals surface area (Å²) in [6.07, 6.45) is 8.52. The molecule has 1 spiro atoms. The van der Waals surface area contributed by atoms with Crippen molar-refractivity contribution in [1.82, 2.24) is 0 Å². The molecule has 3 fully saturated rings. The van der Waals surface area contributed by atoms with Crippen LogP contribution in [0.4, 0.5) is 0 Å². The molecule has 2 aliphatic heterocycles. The number of fused-ring (bicyclic) bond motifs is 4. The zero-order valence-electron chi connectivity index (χ0n) is 21.5. The second-order valence-electron chi connectivity index (χ2n) is 11.0. The number of carbonyl (C=O) groups is 3. The van der Waals surface area contributed by atoms with E-state index < -0.39 is 17.9 Å². The lowest BCUT2D eigenvalue weighted by Crippen LogP contribution is -2.47. The van der Waals surface area contributed by atoms with Crippen LogP contribution in [-0.4, -0.2) is 49.6 Å². The third-order valence-corrected chi connectivity index (χ3v) is 8.54. The molecule has 0 N–H and O–H groups in total. The van der Waals surface area contributed by atoms with Gasteiger partial charge in [0.25, 0.3) is 0 Å². The highest BCUT2D eigenvalue weighted by Gasteiger charge is 2.74. The van der Waals surface area contributed by atoms with Crippen LogP contribution in [0.2, 0.25) is 0 Å². The van der Waals surface area contributed by atoms with Gasteiger partial charge in [-0.2, -0.15) is 0 Å². The molecule has 0 radical (unpaired) electrons. The standard InChI is InChI=1S/C27H40O8/c1-5-6-7-8-9-10-21(30)33-15-26(4)20-11-12-27(16-34-27)24-22(23(20)26)19(13-31-17(2)28)14-32-25(24)35-18(3)29/h14,20,22-25H,5-13,15-16H2,1-4H3/t20-,22+,23-,24-,25+,26+,27?/m0/s1. The molecule has 2 saturated carbocycles. The normalized spacial score (nSPS) is 36.6. The molecule has 1 unspecified atom stereocenters. The Bertz CT molecular complexity index is 846. The number of epoxide rings is 1. The number of esters is 3. The lowest BCUT2D eigenvalue weighted by Gasteiger charge is -2.40. The molecule has 0 aromatic rings. The topological polar surface area (TPSA) is 101 Å². The fourth-order valence-electron chi connectivity index (χ4n) is 6.58. The van der Waals surface area contributed by atoms with Crippen molar-refractivity contribution in [2.45, 2.75) is 91.0 Å². The van der Waals surface area contributed by atoms with Crippen molar-refractivity contribution in [1.29, 1.82) is 0 Å². The van der Waals surface area contributed by atoms with Crippen LogP contribution in [0, 0.1) is 29.1 Å². The quantitative estimate of drug-likeness (QED) is 0.182. The van der Waals surface area contributed by atoms with Gasteiger partial charge >= 0.3 is 17.9 Å². The molecule has 0 aromatic heterocycles. The molecule has 196 valence electrons. The van der Waals surface area contributed by atoms with E-state index in [9.17, 15) is 14.4 Å². The van der Waals surface area contributed by atoms with E-state index in [1.807, 2.05) is 0 Å². The van der Waals surface area contributed by atoms with Crippen LogP contribution in [0.3, 0.4) is 0 Å². The minimum atomic E-state index is -0.754. The van der Waals surface area contributed by atoms with Gasteiger partial charge in [-0.05, 0) is 31.1 Å². The molecule has 1 saturated heterocycles. The predicted molar refractivity (Wildman–Crippen MR) is 126 cm³/mol. The minimum Gasteiger partial charge on any atom is -0.465 e. The second-order valence-corrected chi connectivity index (χ2v) is 11.0. The number of unbranched alkanes of at least 4 members (excludes halogenated alkanes) is 4. The monoisotopic (exact) mass is 492 g/mol. The highest BCUT2D eigenvalue weighted by molar-refractivity contribution is 5.69. The summed E-state index contributed by atoms with van der Waals surface area (Å²) < 4.78 is 28.6. The molecule has 0 bridgehead atoms. The lowest BCUT2D eigenvalue weighted by molar-refractivity contribution is -0.193. The largest absolute Gasteiger partial charge is 0.465 e. The first-order chi connectivity index (χ1) is 16.7. The molecule has 2 heterocycles. The summed E-state index contributed by atoms with van der Waals surface area (Å²) in [7, 11) is 0. The Morgan fingerprint density at radius 1 is 1.06 bits per heavy atom. The van der Waals surface area contributed by atoms with Crippen LogP contribution in [0.25, 0.3) is 0 Å². The summed E-state index contributed by atoms with van der Waals surface area (Å²) >= 11 is 0. The van der Waals surface area contributed by atoms with Gasteiger partial charge in [-0.25, -0.2) is 0 Å². The Balaban J connectivity index is 1.48. The van der Waals surface area contributed by atoms with Crippen molar-refractivity contribution in [3.63, 3.8) is 0 Å². The highest BCUT2D eigenvalue weighted by atomic mass is 16.7. The Hall–Kier alpha value is -2.09. The van der Waals surface area contributed by atoms with Crippen LogP contribution in [0.5, 0.6) is 0 Å². The van der Waals surface area contributed by atoms with E-state index in [0.717, 1.165) is 37.7 Å². The van der Waals surface area contributed by atoms with E-state index in [1.54, 1.807) is 6.26 Å². The Kier molecular flexibility index (Phi) is 7.79. The van der Waals surface area contributed by atoms with E-state index in [0.29, 0.717) is 25.6 Å². The van der Waals surface area contributed by atoms with E-state index in [4.69, 9.17) is 23.7 Å². The number of carbonyl (C=O) groups excluding carboxylic acids is 3. The van der Waals surface area contributed by atoms with Gasteiger partial charge in [-0.1, -0.05) is 39.5 Å². The van der Waals surface area contributed by atoms with Crippen molar-refractivity contribution in [3.8, 4) is 0 Å². The summed E-state index contributed by atoms with van der Waals surface area (Å²) in [5, 5.41) is 0. The fraction of sp³-hybridized carbons (Fsp3) is 0.815. The van der Waals surface area contributed by atoms with Gasteiger partial charge in [-0.3, -0.25) is 14.4 Å². The minimum absolute atomic E-state index is 0.0554. The van der Waals surface area contributed by atoms with E-state index in [1.165, 1.54) is 26.7 Å². The van der Waals surface area contributed by atoms with E-state index in [-0.39, 0.29) is 41.7 Å². The van der Waals surface area contributed by atoms with E-state index >= 15 is 0 Å². The van der Waals surface area contributed by atoms with Gasteiger partial charge < -0.3 is 23.7 Å². The van der Waals surface area contributed by atoms with Crippen molar-refractivity contribution in [3.05, 3.63) is 11.8 Å². The molecular formula is C27H40O8. The Morgan fingerprint density at radius 2 is 1.80 bits per heavy atom. The highest BCUT2D eigenvalue weighted by Crippen LogP contribution is 2.72. The van der Waals surface area contributed by atoms with Crippen molar-refractivity contribution < 1.29 is 38.1 Å². The van der Waals surface area contributed by atoms with Crippen molar-refractivity contribution >= 4 is 17.9 Å². The van der Waals surface area contributed by atoms with E-state index in [2.05, 4.69) is 13.8 Å². The lowest BCUT2D eigenvalue weighted by atomic mass is 9.71. The molecule has 0 aromatic carbocycles. The Morgan fingerprint density at radius 3 is 2.46 bits per heavy atom. The molecule has 2 aliphatic carbocycles. The van der Waals surface area contributed by atoms with Crippen LogP contribution >= 0.6 is 0 Å². The van der Waals surface area contributed by atoms with Gasteiger partial charge in [0.1, 0.15) is 12.2 Å². The summed E-state index contributed by atoms with van der Waals surface area (Å²) in [6, 6.07) is 0. The average molecular weight is 493 g/mol. The second kappa shape index (κ2) is 10.5. The smallest absolute Gasteiger partial charge is 0.305 e. The molecule has 0 amide bonds. The molecule has 8 heteroatoms. The van der Waals surface area contributed by atoms with Gasteiger partial charge in [0, 0.05) is 37.2 Å². The van der Waals surface area contributed by atoms with Crippen LogP contribution in [0.1, 0.15) is 79.1 Å². The van der Waals surface area contributed by atoms with Crippen LogP contribution < -0.4 is 0 Å². The van der Waals surface area contributed by atoms with Gasteiger partial charge in [-0.15, -0.1) is 0 Å². The van der Waals surface area contributed by atoms with Gasteiger partial charge in [0.05, 0.1) is 25.4 Å². The maximum atomic E-state index is 12.4. The first kappa shape index (κ1) is 26.0. The number of ether oxygens (including phenoxy) is 5. The molecule has 4 aliphatic rings. The summed E-state index contributed by atoms with van der Waals surface area (Å²) in [5.41, 5.74) is 0.278. The van der Waals surface area contributed by atoms with Gasteiger partial charge in [0.15, 0.2) is 0 Å². The predicted octanol–water partition coefficient (Wildman–Crippen LogP) is 4.30. The van der Waals surface area contributed by atoms with Crippen molar-refractivity contribution in [2.75, 3.05) is 19.8 Å².